The molecule has 1 amide bonds. The Morgan fingerprint density at radius 1 is 1.06 bits per heavy atom. The summed E-state index contributed by atoms with van der Waals surface area (Å²) in [5, 5.41) is 3.01. The number of ether oxygens (including phenoxy) is 1. The Hall–Kier alpha value is -3.18. The van der Waals surface area contributed by atoms with Crippen molar-refractivity contribution in [1.29, 1.82) is 0 Å². The number of pyridine rings is 1. The van der Waals surface area contributed by atoms with Crippen molar-refractivity contribution < 1.29 is 9.53 Å². The molecule has 0 spiro atoms. The van der Waals surface area contributed by atoms with Gasteiger partial charge in [0.25, 0.3) is 5.91 Å². The molecule has 1 atom stereocenters. The van der Waals surface area contributed by atoms with Gasteiger partial charge >= 0.3 is 0 Å². The van der Waals surface area contributed by atoms with E-state index in [0.29, 0.717) is 30.5 Å². The molecule has 2 aromatic carbocycles. The van der Waals surface area contributed by atoms with E-state index in [2.05, 4.69) is 46.4 Å². The van der Waals surface area contributed by atoms with Gasteiger partial charge in [0.05, 0.1) is 0 Å². The maximum atomic E-state index is 12.6. The molecule has 3 aromatic rings. The number of likely N-dealkylation sites (tertiary alicyclic amines) is 1. The predicted octanol–water partition coefficient (Wildman–Crippen LogP) is 4.97. The van der Waals surface area contributed by atoms with Crippen molar-refractivity contribution in [3.63, 3.8) is 0 Å². The third-order valence-corrected chi connectivity index (χ3v) is 6.03. The van der Waals surface area contributed by atoms with Gasteiger partial charge in [0, 0.05) is 42.7 Å². The molecule has 1 unspecified atom stereocenters. The Balaban J connectivity index is 1.28. The molecule has 5 nitrogen and oxygen atoms in total. The summed E-state index contributed by atoms with van der Waals surface area (Å²) >= 11 is 0. The number of carbonyl (C=O) groups excluding carboxylic acids is 1. The van der Waals surface area contributed by atoms with E-state index in [1.165, 1.54) is 31.4 Å². The molecule has 0 radical (unpaired) electrons. The second-order valence-corrected chi connectivity index (χ2v) is 8.49. The highest BCUT2D eigenvalue weighted by atomic mass is 16.5. The second-order valence-electron chi connectivity index (χ2n) is 8.49. The Morgan fingerprint density at radius 3 is 2.69 bits per heavy atom. The Kier molecular flexibility index (Phi) is 7.51. The molecule has 5 heteroatoms. The summed E-state index contributed by atoms with van der Waals surface area (Å²) in [6.07, 6.45) is 7.44. The van der Waals surface area contributed by atoms with Gasteiger partial charge in [-0.3, -0.25) is 14.7 Å². The number of carbonyl (C=O) groups is 1. The van der Waals surface area contributed by atoms with E-state index >= 15 is 0 Å². The Bertz CT molecular complexity index is 1000. The first-order chi connectivity index (χ1) is 15.7. The molecule has 1 fully saturated rings. The monoisotopic (exact) mass is 429 g/mol. The zero-order chi connectivity index (χ0) is 22.2. The summed E-state index contributed by atoms with van der Waals surface area (Å²) in [5.74, 6) is 0.556. The number of benzene rings is 2. The van der Waals surface area contributed by atoms with Crippen molar-refractivity contribution in [3.8, 4) is 5.75 Å². The first-order valence-corrected chi connectivity index (χ1v) is 11.4. The van der Waals surface area contributed by atoms with E-state index in [-0.39, 0.29) is 5.91 Å². The van der Waals surface area contributed by atoms with Gasteiger partial charge in [-0.2, -0.15) is 0 Å². The molecule has 1 aromatic heterocycles. The van der Waals surface area contributed by atoms with Gasteiger partial charge < -0.3 is 10.1 Å². The quantitative estimate of drug-likeness (QED) is 0.550. The minimum absolute atomic E-state index is 0.108. The van der Waals surface area contributed by atoms with Crippen LogP contribution in [0.1, 0.15) is 53.2 Å². The fourth-order valence-corrected chi connectivity index (χ4v) is 4.05. The number of amides is 1. The Morgan fingerprint density at radius 2 is 1.91 bits per heavy atom. The summed E-state index contributed by atoms with van der Waals surface area (Å²) < 4.78 is 5.80. The predicted molar refractivity (Wildman–Crippen MR) is 126 cm³/mol. The number of hydrogen-bond acceptors (Lipinski definition) is 4. The first kappa shape index (κ1) is 22.0. The van der Waals surface area contributed by atoms with Crippen LogP contribution < -0.4 is 10.1 Å². The lowest BCUT2D eigenvalue weighted by molar-refractivity contribution is 0.0950. The lowest BCUT2D eigenvalue weighted by atomic mass is 10.0. The molecule has 2 heterocycles. The molecule has 0 aliphatic carbocycles. The molecule has 1 N–H and O–H groups in total. The van der Waals surface area contributed by atoms with Gasteiger partial charge in [0.1, 0.15) is 12.4 Å². The second kappa shape index (κ2) is 10.9. The minimum atomic E-state index is -0.108. The van der Waals surface area contributed by atoms with Crippen LogP contribution in [0.5, 0.6) is 5.75 Å². The molecule has 32 heavy (non-hydrogen) atoms. The van der Waals surface area contributed by atoms with E-state index in [1.54, 1.807) is 24.5 Å². The third kappa shape index (κ3) is 6.17. The maximum absolute atomic E-state index is 12.6. The zero-order valence-corrected chi connectivity index (χ0v) is 18.7. The minimum Gasteiger partial charge on any atom is -0.489 e. The van der Waals surface area contributed by atoms with Crippen molar-refractivity contribution in [2.75, 3.05) is 6.54 Å². The van der Waals surface area contributed by atoms with Gasteiger partial charge in [-0.25, -0.2) is 0 Å². The van der Waals surface area contributed by atoms with E-state index in [4.69, 9.17) is 4.74 Å². The van der Waals surface area contributed by atoms with Gasteiger partial charge in [0.15, 0.2) is 0 Å². The lowest BCUT2D eigenvalue weighted by Crippen LogP contribution is -2.36. The molecular formula is C27H31N3O2. The summed E-state index contributed by atoms with van der Waals surface area (Å²) in [7, 11) is 0. The molecule has 166 valence electrons. The highest BCUT2D eigenvalue weighted by Crippen LogP contribution is 2.19. The molecule has 1 aliphatic rings. The molecule has 1 aliphatic heterocycles. The summed E-state index contributed by atoms with van der Waals surface area (Å²) in [4.78, 5) is 19.3. The van der Waals surface area contributed by atoms with Crippen LogP contribution in [0.15, 0.2) is 73.1 Å². The molecule has 0 saturated carbocycles. The van der Waals surface area contributed by atoms with Crippen molar-refractivity contribution in [2.24, 2.45) is 0 Å². The average molecular weight is 430 g/mol. The molecule has 1 saturated heterocycles. The normalized spacial score (nSPS) is 16.5. The summed E-state index contributed by atoms with van der Waals surface area (Å²) in [5.41, 5.74) is 4.00. The van der Waals surface area contributed by atoms with Crippen LogP contribution in [0.25, 0.3) is 0 Å². The SMILES string of the molecule is CC1CCCCN1Cc1ccc(CNC(=O)c2cccc(OCc3cccnc3)c2)cc1. The van der Waals surface area contributed by atoms with Crippen LogP contribution in [0.4, 0.5) is 0 Å². The fraction of sp³-hybridized carbons (Fsp3) is 0.333. The zero-order valence-electron chi connectivity index (χ0n) is 18.7. The largest absolute Gasteiger partial charge is 0.489 e. The fourth-order valence-electron chi connectivity index (χ4n) is 4.05. The number of rotatable bonds is 8. The van der Waals surface area contributed by atoms with Gasteiger partial charge in [-0.05, 0) is 61.7 Å². The number of piperidine rings is 1. The van der Waals surface area contributed by atoms with Crippen molar-refractivity contribution >= 4 is 5.91 Å². The van der Waals surface area contributed by atoms with Crippen LogP contribution in [-0.4, -0.2) is 28.4 Å². The third-order valence-electron chi connectivity index (χ3n) is 6.03. The number of nitrogens with zero attached hydrogens (tertiary/aromatic N) is 2. The highest BCUT2D eigenvalue weighted by Gasteiger charge is 2.18. The van der Waals surface area contributed by atoms with Crippen LogP contribution in [0.3, 0.4) is 0 Å². The van der Waals surface area contributed by atoms with E-state index in [9.17, 15) is 4.79 Å². The van der Waals surface area contributed by atoms with Crippen LogP contribution >= 0.6 is 0 Å². The van der Waals surface area contributed by atoms with Crippen molar-refractivity contribution in [3.05, 3.63) is 95.3 Å². The number of aromatic nitrogens is 1. The highest BCUT2D eigenvalue weighted by molar-refractivity contribution is 5.94. The summed E-state index contributed by atoms with van der Waals surface area (Å²) in [6, 6.07) is 20.3. The van der Waals surface area contributed by atoms with E-state index < -0.39 is 0 Å². The number of nitrogens with one attached hydrogen (secondary N) is 1. The lowest BCUT2D eigenvalue weighted by Gasteiger charge is -2.33. The molecule has 4 rings (SSSR count). The van der Waals surface area contributed by atoms with E-state index in [0.717, 1.165) is 17.7 Å². The average Bonchev–Trinajstić information content (AvgIpc) is 2.84. The van der Waals surface area contributed by atoms with Gasteiger partial charge in [-0.15, -0.1) is 0 Å². The van der Waals surface area contributed by atoms with Crippen LogP contribution in [-0.2, 0) is 19.7 Å². The topological polar surface area (TPSA) is 54.5 Å². The smallest absolute Gasteiger partial charge is 0.251 e. The Labute approximate surface area is 190 Å². The number of hydrogen-bond donors (Lipinski definition) is 1. The van der Waals surface area contributed by atoms with Crippen LogP contribution in [0.2, 0.25) is 0 Å². The van der Waals surface area contributed by atoms with Gasteiger partial charge in [0.2, 0.25) is 0 Å². The van der Waals surface area contributed by atoms with Crippen LogP contribution in [0, 0.1) is 0 Å². The van der Waals surface area contributed by atoms with E-state index in [1.807, 2.05) is 24.3 Å². The van der Waals surface area contributed by atoms with Crippen molar-refractivity contribution in [1.82, 2.24) is 15.2 Å². The maximum Gasteiger partial charge on any atom is 0.251 e. The first-order valence-electron chi connectivity index (χ1n) is 11.4. The van der Waals surface area contributed by atoms with Crippen molar-refractivity contribution in [2.45, 2.75) is 51.9 Å². The molecular weight excluding hydrogens is 398 g/mol. The molecule has 0 bridgehead atoms. The summed E-state index contributed by atoms with van der Waals surface area (Å²) in [6.45, 7) is 5.42. The van der Waals surface area contributed by atoms with Gasteiger partial charge in [-0.1, -0.05) is 42.8 Å². The standard InChI is InChI=1S/C27H31N3O2/c1-21-6-2-3-15-30(21)19-23-12-10-22(11-13-23)18-29-27(31)25-8-4-9-26(16-25)32-20-24-7-5-14-28-17-24/h4-5,7-14,16-17,21H,2-3,6,15,18-20H2,1H3,(H,29,31).